The summed E-state index contributed by atoms with van der Waals surface area (Å²) in [6, 6.07) is 3.02. The summed E-state index contributed by atoms with van der Waals surface area (Å²) in [6.45, 7) is 19.9. The third kappa shape index (κ3) is 9.22. The number of alkyl halides is 3. The Hall–Kier alpha value is -4.32. The van der Waals surface area contributed by atoms with Gasteiger partial charge in [0.1, 0.15) is 16.6 Å². The summed E-state index contributed by atoms with van der Waals surface area (Å²) in [7, 11) is -4.14. The predicted octanol–water partition coefficient (Wildman–Crippen LogP) is 7.29. The van der Waals surface area contributed by atoms with Crippen LogP contribution in [-0.2, 0) is 25.7 Å². The van der Waals surface area contributed by atoms with E-state index in [-0.39, 0.29) is 35.6 Å². The highest BCUT2D eigenvalue weighted by molar-refractivity contribution is 7.89. The lowest BCUT2D eigenvalue weighted by atomic mass is 9.70. The van der Waals surface area contributed by atoms with Crippen molar-refractivity contribution in [2.45, 2.75) is 109 Å². The van der Waals surface area contributed by atoms with Gasteiger partial charge in [0.25, 0.3) is 0 Å². The summed E-state index contributed by atoms with van der Waals surface area (Å²) in [4.78, 5) is 19.7. The van der Waals surface area contributed by atoms with Gasteiger partial charge in [0.15, 0.2) is 5.65 Å². The second kappa shape index (κ2) is 17.0. The van der Waals surface area contributed by atoms with Crippen LogP contribution in [0.15, 0.2) is 58.7 Å². The number of nitrogens with zero attached hydrogens (tertiary/aromatic N) is 6. The van der Waals surface area contributed by atoms with Crippen molar-refractivity contribution < 1.29 is 45.7 Å². The molecule has 3 aliphatic heterocycles. The normalized spacial score (nSPS) is 20.4. The Balaban J connectivity index is 1.29. The molecule has 3 aliphatic rings. The number of aromatic nitrogens is 4. The summed E-state index contributed by atoms with van der Waals surface area (Å²) in [6.07, 6.45) is 4.13. The molecule has 0 aromatic carbocycles. The van der Waals surface area contributed by atoms with Crippen molar-refractivity contribution in [3.8, 4) is 11.8 Å². The average Bonchev–Trinajstić information content (AvgIpc) is 3.60. The Morgan fingerprint density at radius 3 is 2.42 bits per heavy atom. The fraction of sp³-hybridized carbons (Fsp3) is 0.571. The molecule has 0 saturated carbocycles. The van der Waals surface area contributed by atoms with E-state index in [1.807, 2.05) is 20.8 Å². The van der Waals surface area contributed by atoms with Gasteiger partial charge in [-0.15, -0.1) is 10.2 Å². The zero-order valence-corrected chi connectivity index (χ0v) is 35.7. The Morgan fingerprint density at radius 1 is 1.10 bits per heavy atom. The molecule has 3 aromatic rings. The zero-order chi connectivity index (χ0) is 43.1. The lowest BCUT2D eigenvalue weighted by Gasteiger charge is -2.38. The third-order valence-electron chi connectivity index (χ3n) is 11.9. The van der Waals surface area contributed by atoms with Crippen molar-refractivity contribution in [2.75, 3.05) is 45.9 Å². The highest BCUT2D eigenvalue weighted by Crippen LogP contribution is 2.44. The fourth-order valence-electron chi connectivity index (χ4n) is 8.23. The molecule has 3 aromatic heterocycles. The summed E-state index contributed by atoms with van der Waals surface area (Å²) in [5.74, 6) is -2.86. The fourth-order valence-corrected chi connectivity index (χ4v) is 9.91. The molecular formula is C42H55F3N6O7S. The quantitative estimate of drug-likeness (QED) is 0.183. The molecule has 2 atom stereocenters. The van der Waals surface area contributed by atoms with Crippen LogP contribution in [0.5, 0.6) is 11.8 Å². The van der Waals surface area contributed by atoms with Crippen LogP contribution < -0.4 is 9.47 Å². The van der Waals surface area contributed by atoms with E-state index in [2.05, 4.69) is 21.7 Å². The van der Waals surface area contributed by atoms with E-state index in [4.69, 9.17) is 19.2 Å². The number of likely N-dealkylation sites (tertiary alicyclic amines) is 1. The molecule has 6 heterocycles. The molecule has 0 aliphatic carbocycles. The maximum Gasteiger partial charge on any atom is 0.452 e. The number of pyridine rings is 2. The summed E-state index contributed by atoms with van der Waals surface area (Å²) in [5, 5.41) is 17.4. The molecule has 0 radical (unpaired) electrons. The van der Waals surface area contributed by atoms with E-state index < -0.39 is 44.9 Å². The first-order valence-electron chi connectivity index (χ1n) is 20.0. The maximum atomic E-state index is 14.6. The van der Waals surface area contributed by atoms with E-state index in [1.165, 1.54) is 36.8 Å². The third-order valence-corrected chi connectivity index (χ3v) is 13.7. The van der Waals surface area contributed by atoms with Gasteiger partial charge in [0.05, 0.1) is 25.2 Å². The number of fused-ring (bicyclic) bond motifs is 2. The van der Waals surface area contributed by atoms with Crippen LogP contribution in [0.2, 0.25) is 0 Å². The molecular weight excluding hydrogens is 790 g/mol. The van der Waals surface area contributed by atoms with Crippen LogP contribution >= 0.6 is 0 Å². The van der Waals surface area contributed by atoms with Crippen molar-refractivity contribution in [3.63, 3.8) is 0 Å². The topological polar surface area (TPSA) is 149 Å². The van der Waals surface area contributed by atoms with Crippen molar-refractivity contribution in [2.24, 2.45) is 5.41 Å². The van der Waals surface area contributed by atoms with E-state index in [0.717, 1.165) is 36.9 Å². The van der Waals surface area contributed by atoms with E-state index in [0.29, 0.717) is 65.3 Å². The smallest absolute Gasteiger partial charge is 0.452 e. The van der Waals surface area contributed by atoms with Crippen LogP contribution in [-0.4, -0.2) is 106 Å². The largest absolute Gasteiger partial charge is 0.481 e. The molecule has 1 N–H and O–H groups in total. The van der Waals surface area contributed by atoms with E-state index in [9.17, 15) is 31.5 Å². The molecule has 13 nitrogen and oxygen atoms in total. The summed E-state index contributed by atoms with van der Waals surface area (Å²) >= 11 is 0. The average molecular weight is 845 g/mol. The number of carboxylic acids is 1. The lowest BCUT2D eigenvalue weighted by molar-refractivity contribution is -0.147. The minimum absolute atomic E-state index is 0.0102. The van der Waals surface area contributed by atoms with E-state index >= 15 is 0 Å². The van der Waals surface area contributed by atoms with Gasteiger partial charge in [0.2, 0.25) is 27.6 Å². The monoisotopic (exact) mass is 844 g/mol. The predicted molar refractivity (Wildman–Crippen MR) is 215 cm³/mol. The van der Waals surface area contributed by atoms with Gasteiger partial charge in [-0.25, -0.2) is 8.42 Å². The van der Waals surface area contributed by atoms with Crippen molar-refractivity contribution in [1.82, 2.24) is 28.8 Å². The molecule has 6 rings (SSSR count). The van der Waals surface area contributed by atoms with Crippen LogP contribution in [0.4, 0.5) is 13.2 Å². The molecule has 17 heteroatoms. The number of piperidine rings is 1. The number of carbonyl (C=O) groups is 1. The Morgan fingerprint density at radius 2 is 1.78 bits per heavy atom. The standard InChI is InChI=1S/C42H55F3N6O7S/c1-26(12-13-27(2)34(40(7,8)39(52)53)32-14-19-51-35(31(32)6)47-48-38(51)42(43,44)45)29(4)23-50-25-41(15-20-56-21-16-41)58-37-33(59(50,54)55)22-28(3)36(46-37)57-30(5)24-49-17-10-9-11-18-49/h12-14,19,22,30,34H,2,9-11,15-18,20-21,23-25H2,1,3-8H3,(H,52,53)/b13-12-,29-26+/t30-,34-/m0/s1. The molecule has 322 valence electrons. The van der Waals surface area contributed by atoms with Crippen molar-refractivity contribution in [3.05, 3.63) is 76.3 Å². The van der Waals surface area contributed by atoms with Crippen molar-refractivity contribution in [1.29, 1.82) is 0 Å². The summed E-state index contributed by atoms with van der Waals surface area (Å²) in [5.41, 5.74) is 0.756. The molecule has 59 heavy (non-hydrogen) atoms. The molecule has 0 unspecified atom stereocenters. The number of hydrogen-bond acceptors (Lipinski definition) is 10. The first-order chi connectivity index (χ1) is 27.6. The Labute approximate surface area is 344 Å². The van der Waals surface area contributed by atoms with Gasteiger partial charge in [-0.1, -0.05) is 36.3 Å². The number of carboxylic acid groups (broad SMARTS) is 1. The molecule has 0 amide bonds. The number of ether oxygens (including phenoxy) is 3. The Kier molecular flexibility index (Phi) is 12.7. The molecule has 1 spiro atoms. The highest BCUT2D eigenvalue weighted by Gasteiger charge is 2.46. The second-order valence-electron chi connectivity index (χ2n) is 16.8. The minimum Gasteiger partial charge on any atom is -0.481 e. The minimum atomic E-state index is -4.74. The van der Waals surface area contributed by atoms with Crippen LogP contribution in [0.3, 0.4) is 0 Å². The highest BCUT2D eigenvalue weighted by atomic mass is 32.2. The number of sulfonamides is 1. The van der Waals surface area contributed by atoms with Crippen LogP contribution in [0.1, 0.15) is 95.2 Å². The van der Waals surface area contributed by atoms with Crippen molar-refractivity contribution >= 4 is 21.6 Å². The maximum absolute atomic E-state index is 14.6. The number of aliphatic carboxylic acids is 1. The van der Waals surface area contributed by atoms with Gasteiger partial charge < -0.3 is 19.3 Å². The first-order valence-corrected chi connectivity index (χ1v) is 21.4. The van der Waals surface area contributed by atoms with Crippen LogP contribution in [0.25, 0.3) is 5.65 Å². The number of allylic oxidation sites excluding steroid dienone is 4. The summed E-state index contributed by atoms with van der Waals surface area (Å²) < 4.78 is 90.9. The molecule has 2 saturated heterocycles. The SMILES string of the molecule is C=C(/C=C\C(C)=C(/C)CN1CC2(CCOCC2)Oc2nc(O[C@@H](C)CN3CCCCC3)c(C)cc2S1(=O)=O)[C@@H](c1ccn2c(C(F)(F)F)nnc2c1C)C(C)(C)C(=O)O. The second-order valence-corrected chi connectivity index (χ2v) is 18.7. The number of rotatable bonds is 12. The number of halogens is 3. The first kappa shape index (κ1) is 44.2. The van der Waals surface area contributed by atoms with Gasteiger partial charge in [-0.05, 0) is 103 Å². The van der Waals surface area contributed by atoms with Gasteiger partial charge in [0, 0.05) is 43.6 Å². The molecule has 2 fully saturated rings. The van der Waals surface area contributed by atoms with Gasteiger partial charge >= 0.3 is 12.1 Å². The number of aryl methyl sites for hydroxylation is 2. The van der Waals surface area contributed by atoms with Gasteiger partial charge in [-0.2, -0.15) is 22.5 Å². The number of hydrogen-bond donors (Lipinski definition) is 1. The van der Waals surface area contributed by atoms with Crippen LogP contribution in [0, 0.1) is 19.3 Å². The van der Waals surface area contributed by atoms with E-state index in [1.54, 1.807) is 32.1 Å². The van der Waals surface area contributed by atoms with Gasteiger partial charge in [-0.3, -0.25) is 14.1 Å². The Bertz CT molecular complexity index is 2260. The molecule has 0 bridgehead atoms. The zero-order valence-electron chi connectivity index (χ0n) is 34.9. The lowest BCUT2D eigenvalue weighted by Crippen LogP contribution is -2.51.